The molecule has 2 aromatic carbocycles. The molecule has 2 rings (SSSR count). The van der Waals surface area contributed by atoms with Crippen molar-refractivity contribution in [2.24, 2.45) is 0 Å². The summed E-state index contributed by atoms with van der Waals surface area (Å²) >= 11 is 0. The van der Waals surface area contributed by atoms with Crippen molar-refractivity contribution in [2.45, 2.75) is 25.7 Å². The molecule has 0 fully saturated rings. The number of aliphatic carboxylic acids is 1. The van der Waals surface area contributed by atoms with Crippen molar-refractivity contribution in [3.8, 4) is 0 Å². The number of hydrogen-bond acceptors (Lipinski definition) is 2. The molecular weight excluding hydrogens is 278 g/mol. The molecule has 114 valence electrons. The van der Waals surface area contributed by atoms with E-state index in [-0.39, 0.29) is 12.3 Å². The van der Waals surface area contributed by atoms with Gasteiger partial charge in [0.15, 0.2) is 0 Å². The average molecular weight is 297 g/mol. The number of carboxylic acids is 1. The van der Waals surface area contributed by atoms with Crippen LogP contribution in [0.2, 0.25) is 0 Å². The van der Waals surface area contributed by atoms with Crippen molar-refractivity contribution in [1.29, 1.82) is 0 Å². The molecule has 4 nitrogen and oxygen atoms in total. The Morgan fingerprint density at radius 1 is 1.05 bits per heavy atom. The number of nitrogens with one attached hydrogen (secondary N) is 1. The summed E-state index contributed by atoms with van der Waals surface area (Å²) in [5.74, 6) is -2.14. The number of anilines is 1. The Bertz CT molecular complexity index is 635. The smallest absolute Gasteiger partial charge is 0.311 e. The third-order valence-corrected chi connectivity index (χ3v) is 3.54. The maximum atomic E-state index is 12.1. The summed E-state index contributed by atoms with van der Waals surface area (Å²) in [6, 6.07) is 16.4. The summed E-state index contributed by atoms with van der Waals surface area (Å²) in [6.45, 7) is 2.06. The molecule has 0 heterocycles. The Morgan fingerprint density at radius 3 is 2.23 bits per heavy atom. The average Bonchev–Trinajstić information content (AvgIpc) is 2.54. The van der Waals surface area contributed by atoms with Gasteiger partial charge in [0.05, 0.1) is 5.92 Å². The van der Waals surface area contributed by atoms with E-state index in [4.69, 9.17) is 0 Å². The van der Waals surface area contributed by atoms with Crippen LogP contribution in [0.1, 0.15) is 30.4 Å². The van der Waals surface area contributed by atoms with E-state index in [9.17, 15) is 14.7 Å². The van der Waals surface area contributed by atoms with Crippen molar-refractivity contribution >= 4 is 17.6 Å². The molecule has 0 saturated heterocycles. The number of hydrogen-bond donors (Lipinski definition) is 2. The molecule has 2 aromatic rings. The van der Waals surface area contributed by atoms with Crippen LogP contribution in [0.15, 0.2) is 54.6 Å². The highest BCUT2D eigenvalue weighted by molar-refractivity contribution is 5.94. The van der Waals surface area contributed by atoms with E-state index >= 15 is 0 Å². The molecule has 0 aliphatic carbocycles. The second kappa shape index (κ2) is 7.41. The fourth-order valence-corrected chi connectivity index (χ4v) is 2.25. The summed E-state index contributed by atoms with van der Waals surface area (Å²) in [5, 5.41) is 12.1. The molecule has 22 heavy (non-hydrogen) atoms. The third-order valence-electron chi connectivity index (χ3n) is 3.54. The Kier molecular flexibility index (Phi) is 5.31. The van der Waals surface area contributed by atoms with Crippen LogP contribution in [0.5, 0.6) is 0 Å². The minimum atomic E-state index is -0.998. The first kappa shape index (κ1) is 15.8. The van der Waals surface area contributed by atoms with Gasteiger partial charge in [-0.3, -0.25) is 9.59 Å². The van der Waals surface area contributed by atoms with Crippen LogP contribution in [-0.4, -0.2) is 17.0 Å². The van der Waals surface area contributed by atoms with E-state index in [1.54, 1.807) is 24.3 Å². The zero-order valence-corrected chi connectivity index (χ0v) is 12.5. The van der Waals surface area contributed by atoms with Crippen LogP contribution in [0.3, 0.4) is 0 Å². The molecule has 0 bridgehead atoms. The van der Waals surface area contributed by atoms with Gasteiger partial charge >= 0.3 is 5.97 Å². The van der Waals surface area contributed by atoms with Crippen molar-refractivity contribution in [3.63, 3.8) is 0 Å². The highest BCUT2D eigenvalue weighted by atomic mass is 16.4. The van der Waals surface area contributed by atoms with Crippen LogP contribution < -0.4 is 5.32 Å². The predicted molar refractivity (Wildman–Crippen MR) is 85.9 cm³/mol. The zero-order valence-electron chi connectivity index (χ0n) is 12.5. The lowest BCUT2D eigenvalue weighted by Gasteiger charge is -2.13. The van der Waals surface area contributed by atoms with E-state index in [0.717, 1.165) is 6.42 Å². The third kappa shape index (κ3) is 4.19. The van der Waals surface area contributed by atoms with Crippen molar-refractivity contribution < 1.29 is 14.7 Å². The standard InChI is InChI=1S/C18H19NO3/c1-2-13-8-10-15(11-9-13)19-17(20)12-16(18(21)22)14-6-4-3-5-7-14/h3-11,16H,2,12H2,1H3,(H,19,20)(H,21,22). The summed E-state index contributed by atoms with van der Waals surface area (Å²) in [6.07, 6.45) is 0.845. The van der Waals surface area contributed by atoms with Gasteiger partial charge in [-0.05, 0) is 29.7 Å². The van der Waals surface area contributed by atoms with Crippen LogP contribution in [0.4, 0.5) is 5.69 Å². The van der Waals surface area contributed by atoms with Gasteiger partial charge in [0.1, 0.15) is 0 Å². The molecule has 2 N–H and O–H groups in total. The van der Waals surface area contributed by atoms with Gasteiger partial charge in [0.2, 0.25) is 5.91 Å². The second-order valence-electron chi connectivity index (χ2n) is 5.10. The first-order valence-corrected chi connectivity index (χ1v) is 7.26. The van der Waals surface area contributed by atoms with Crippen LogP contribution in [0.25, 0.3) is 0 Å². The largest absolute Gasteiger partial charge is 0.481 e. The van der Waals surface area contributed by atoms with E-state index in [0.29, 0.717) is 11.3 Å². The number of amides is 1. The Morgan fingerprint density at radius 2 is 1.68 bits per heavy atom. The summed E-state index contributed by atoms with van der Waals surface area (Å²) in [7, 11) is 0. The fourth-order valence-electron chi connectivity index (χ4n) is 2.25. The SMILES string of the molecule is CCc1ccc(NC(=O)CC(C(=O)O)c2ccccc2)cc1. The Hall–Kier alpha value is -2.62. The van der Waals surface area contributed by atoms with E-state index < -0.39 is 11.9 Å². The molecule has 1 atom stereocenters. The first-order valence-electron chi connectivity index (χ1n) is 7.26. The summed E-state index contributed by atoms with van der Waals surface area (Å²) in [5.41, 5.74) is 2.50. The fraction of sp³-hybridized carbons (Fsp3) is 0.222. The minimum absolute atomic E-state index is 0.0884. The quantitative estimate of drug-likeness (QED) is 0.858. The number of carbonyl (C=O) groups is 2. The zero-order chi connectivity index (χ0) is 15.9. The molecule has 1 amide bonds. The van der Waals surface area contributed by atoms with Crippen molar-refractivity contribution in [3.05, 3.63) is 65.7 Å². The minimum Gasteiger partial charge on any atom is -0.481 e. The van der Waals surface area contributed by atoms with Crippen LogP contribution in [-0.2, 0) is 16.0 Å². The van der Waals surface area contributed by atoms with Gasteiger partial charge in [-0.25, -0.2) is 0 Å². The molecule has 0 spiro atoms. The monoisotopic (exact) mass is 297 g/mol. The van der Waals surface area contributed by atoms with E-state index in [1.807, 2.05) is 30.3 Å². The number of aryl methyl sites for hydroxylation is 1. The molecule has 1 unspecified atom stereocenters. The maximum Gasteiger partial charge on any atom is 0.311 e. The Labute approximate surface area is 129 Å². The van der Waals surface area contributed by atoms with Crippen molar-refractivity contribution in [2.75, 3.05) is 5.32 Å². The summed E-state index contributed by atoms with van der Waals surface area (Å²) < 4.78 is 0. The molecule has 4 heteroatoms. The number of rotatable bonds is 6. The lowest BCUT2D eigenvalue weighted by molar-refractivity contribution is -0.140. The van der Waals surface area contributed by atoms with Gasteiger partial charge in [0, 0.05) is 12.1 Å². The second-order valence-corrected chi connectivity index (χ2v) is 5.10. The molecule has 0 aliphatic heterocycles. The Balaban J connectivity index is 2.03. The lowest BCUT2D eigenvalue weighted by Crippen LogP contribution is -2.20. The normalized spacial score (nSPS) is 11.7. The van der Waals surface area contributed by atoms with Gasteiger partial charge in [-0.2, -0.15) is 0 Å². The lowest BCUT2D eigenvalue weighted by atomic mass is 9.95. The summed E-state index contributed by atoms with van der Waals surface area (Å²) in [4.78, 5) is 23.5. The van der Waals surface area contributed by atoms with Gasteiger partial charge in [-0.1, -0.05) is 49.4 Å². The predicted octanol–water partition coefficient (Wildman–Crippen LogP) is 3.45. The molecule has 0 radical (unpaired) electrons. The molecule has 0 saturated carbocycles. The molecule has 0 aliphatic rings. The highest BCUT2D eigenvalue weighted by Gasteiger charge is 2.23. The van der Waals surface area contributed by atoms with Gasteiger partial charge < -0.3 is 10.4 Å². The highest BCUT2D eigenvalue weighted by Crippen LogP contribution is 2.21. The first-order chi connectivity index (χ1) is 10.6. The topological polar surface area (TPSA) is 66.4 Å². The number of carbonyl (C=O) groups excluding carboxylic acids is 1. The maximum absolute atomic E-state index is 12.1. The number of benzene rings is 2. The number of carboxylic acid groups (broad SMARTS) is 1. The van der Waals surface area contributed by atoms with E-state index in [1.165, 1.54) is 5.56 Å². The van der Waals surface area contributed by atoms with Gasteiger partial charge in [-0.15, -0.1) is 0 Å². The molecule has 0 aromatic heterocycles. The van der Waals surface area contributed by atoms with Crippen LogP contribution in [0, 0.1) is 0 Å². The molecular formula is C18H19NO3. The van der Waals surface area contributed by atoms with Gasteiger partial charge in [0.25, 0.3) is 0 Å². The van der Waals surface area contributed by atoms with Crippen molar-refractivity contribution in [1.82, 2.24) is 0 Å². The van der Waals surface area contributed by atoms with E-state index in [2.05, 4.69) is 12.2 Å². The van der Waals surface area contributed by atoms with Crippen LogP contribution >= 0.6 is 0 Å².